The van der Waals surface area contributed by atoms with Crippen LogP contribution in [-0.2, 0) is 22.6 Å². The lowest BCUT2D eigenvalue weighted by Crippen LogP contribution is -2.11. The molecule has 0 saturated heterocycles. The average Bonchev–Trinajstić information content (AvgIpc) is 2.84. The lowest BCUT2D eigenvalue weighted by Gasteiger charge is -2.08. The largest absolute Gasteiger partial charge is 0.465 e. The third-order valence-electron chi connectivity index (χ3n) is 2.76. The SMILES string of the molecule is COCc1c(C(=O)OC)cnn1Cc1ccc(F)nc1. The molecule has 0 spiro atoms. The number of carbonyl (C=O) groups is 1. The van der Waals surface area contributed by atoms with Gasteiger partial charge in [0, 0.05) is 13.3 Å². The minimum atomic E-state index is -0.540. The molecular formula is C13H14FN3O3. The Kier molecular flexibility index (Phi) is 4.41. The molecule has 0 saturated carbocycles. The second-order valence-electron chi connectivity index (χ2n) is 4.08. The highest BCUT2D eigenvalue weighted by Gasteiger charge is 2.18. The normalized spacial score (nSPS) is 10.6. The highest BCUT2D eigenvalue weighted by molar-refractivity contribution is 5.90. The van der Waals surface area contributed by atoms with Gasteiger partial charge in [-0.25, -0.2) is 9.78 Å². The van der Waals surface area contributed by atoms with Crippen LogP contribution >= 0.6 is 0 Å². The lowest BCUT2D eigenvalue weighted by atomic mass is 10.2. The number of nitrogens with zero attached hydrogens (tertiary/aromatic N) is 3. The number of halogens is 1. The van der Waals surface area contributed by atoms with Gasteiger partial charge in [-0.2, -0.15) is 9.49 Å². The smallest absolute Gasteiger partial charge is 0.341 e. The molecule has 0 N–H and O–H groups in total. The first-order chi connectivity index (χ1) is 9.65. The zero-order chi connectivity index (χ0) is 14.5. The summed E-state index contributed by atoms with van der Waals surface area (Å²) in [6.07, 6.45) is 2.85. The predicted octanol–water partition coefficient (Wildman–Crippen LogP) is 1.40. The molecule has 0 radical (unpaired) electrons. The van der Waals surface area contributed by atoms with Crippen LogP contribution in [0.4, 0.5) is 4.39 Å². The van der Waals surface area contributed by atoms with Gasteiger partial charge in [-0.05, 0) is 11.6 Å². The summed E-state index contributed by atoms with van der Waals surface area (Å²) >= 11 is 0. The maximum atomic E-state index is 12.8. The fourth-order valence-electron chi connectivity index (χ4n) is 1.79. The van der Waals surface area contributed by atoms with Crippen LogP contribution in [0.1, 0.15) is 21.6 Å². The molecule has 0 unspecified atom stereocenters. The summed E-state index contributed by atoms with van der Waals surface area (Å²) in [6, 6.07) is 2.88. The summed E-state index contributed by atoms with van der Waals surface area (Å²) in [5, 5.41) is 4.14. The molecular weight excluding hydrogens is 265 g/mol. The van der Waals surface area contributed by atoms with E-state index in [2.05, 4.69) is 10.1 Å². The van der Waals surface area contributed by atoms with Crippen molar-refractivity contribution >= 4 is 5.97 Å². The Morgan fingerprint density at radius 1 is 1.35 bits per heavy atom. The molecule has 106 valence electrons. The number of ether oxygens (including phenoxy) is 2. The first kappa shape index (κ1) is 14.1. The van der Waals surface area contributed by atoms with Gasteiger partial charge in [-0.15, -0.1) is 0 Å². The number of aromatic nitrogens is 3. The summed E-state index contributed by atoms with van der Waals surface area (Å²) in [5.74, 6) is -1.01. The Bertz CT molecular complexity index is 595. The standard InChI is InChI=1S/C13H14FN3O3/c1-19-8-11-10(13(18)20-2)6-16-17(11)7-9-3-4-12(14)15-5-9/h3-6H,7-8H2,1-2H3. The molecule has 2 heterocycles. The van der Waals surface area contributed by atoms with E-state index in [1.807, 2.05) is 0 Å². The highest BCUT2D eigenvalue weighted by atomic mass is 19.1. The van der Waals surface area contributed by atoms with E-state index in [-0.39, 0.29) is 6.61 Å². The zero-order valence-corrected chi connectivity index (χ0v) is 11.2. The van der Waals surface area contributed by atoms with Crippen LogP contribution in [0.15, 0.2) is 24.5 Å². The molecule has 20 heavy (non-hydrogen) atoms. The number of methoxy groups -OCH3 is 2. The molecule has 0 amide bonds. The van der Waals surface area contributed by atoms with Crippen LogP contribution < -0.4 is 0 Å². The minimum Gasteiger partial charge on any atom is -0.465 e. The highest BCUT2D eigenvalue weighted by Crippen LogP contribution is 2.13. The van der Waals surface area contributed by atoms with Gasteiger partial charge in [0.05, 0.1) is 32.2 Å². The van der Waals surface area contributed by atoms with E-state index in [0.29, 0.717) is 17.8 Å². The third-order valence-corrected chi connectivity index (χ3v) is 2.76. The van der Waals surface area contributed by atoms with Crippen molar-refractivity contribution in [3.05, 3.63) is 47.3 Å². The van der Waals surface area contributed by atoms with Gasteiger partial charge in [0.15, 0.2) is 0 Å². The van der Waals surface area contributed by atoms with Crippen molar-refractivity contribution < 1.29 is 18.7 Å². The van der Waals surface area contributed by atoms with Crippen LogP contribution in [0.3, 0.4) is 0 Å². The monoisotopic (exact) mass is 279 g/mol. The molecule has 0 bridgehead atoms. The van der Waals surface area contributed by atoms with Crippen LogP contribution in [0, 0.1) is 5.95 Å². The van der Waals surface area contributed by atoms with E-state index < -0.39 is 11.9 Å². The molecule has 0 aliphatic heterocycles. The van der Waals surface area contributed by atoms with Gasteiger partial charge >= 0.3 is 5.97 Å². The molecule has 0 aliphatic rings. The van der Waals surface area contributed by atoms with E-state index in [1.165, 1.54) is 32.7 Å². The number of esters is 1. The van der Waals surface area contributed by atoms with Crippen molar-refractivity contribution in [3.8, 4) is 0 Å². The molecule has 7 heteroatoms. The van der Waals surface area contributed by atoms with Crippen molar-refractivity contribution in [2.75, 3.05) is 14.2 Å². The maximum absolute atomic E-state index is 12.8. The predicted molar refractivity (Wildman–Crippen MR) is 67.6 cm³/mol. The lowest BCUT2D eigenvalue weighted by molar-refractivity contribution is 0.0595. The molecule has 0 atom stereocenters. The van der Waals surface area contributed by atoms with E-state index in [0.717, 1.165) is 5.56 Å². The van der Waals surface area contributed by atoms with Gasteiger partial charge in [-0.3, -0.25) is 4.68 Å². The van der Waals surface area contributed by atoms with Gasteiger partial charge in [0.1, 0.15) is 5.56 Å². The molecule has 0 aromatic carbocycles. The molecule has 0 fully saturated rings. The number of carbonyl (C=O) groups excluding carboxylic acids is 1. The summed E-state index contributed by atoms with van der Waals surface area (Å²) in [5.41, 5.74) is 1.72. The summed E-state index contributed by atoms with van der Waals surface area (Å²) in [7, 11) is 2.83. The first-order valence-corrected chi connectivity index (χ1v) is 5.88. The minimum absolute atomic E-state index is 0.221. The topological polar surface area (TPSA) is 66.2 Å². The quantitative estimate of drug-likeness (QED) is 0.611. The Hall–Kier alpha value is -2.28. The van der Waals surface area contributed by atoms with E-state index in [4.69, 9.17) is 9.47 Å². The van der Waals surface area contributed by atoms with E-state index in [1.54, 1.807) is 10.7 Å². The molecule has 2 aromatic heterocycles. The van der Waals surface area contributed by atoms with Crippen molar-refractivity contribution in [2.45, 2.75) is 13.2 Å². The van der Waals surface area contributed by atoms with Gasteiger partial charge < -0.3 is 9.47 Å². The fraction of sp³-hybridized carbons (Fsp3) is 0.308. The van der Waals surface area contributed by atoms with Gasteiger partial charge in [0.2, 0.25) is 5.95 Å². The fourth-order valence-corrected chi connectivity index (χ4v) is 1.79. The first-order valence-electron chi connectivity index (χ1n) is 5.88. The van der Waals surface area contributed by atoms with Crippen molar-refractivity contribution in [3.63, 3.8) is 0 Å². The Morgan fingerprint density at radius 2 is 2.15 bits per heavy atom. The van der Waals surface area contributed by atoms with Crippen molar-refractivity contribution in [1.29, 1.82) is 0 Å². The number of pyridine rings is 1. The zero-order valence-electron chi connectivity index (χ0n) is 11.2. The average molecular weight is 279 g/mol. The Labute approximate surface area is 115 Å². The summed E-state index contributed by atoms with van der Waals surface area (Å²) in [4.78, 5) is 15.2. The summed E-state index contributed by atoms with van der Waals surface area (Å²) in [6.45, 7) is 0.585. The molecule has 6 nitrogen and oxygen atoms in total. The van der Waals surface area contributed by atoms with Crippen LogP contribution in [-0.4, -0.2) is 35.0 Å². The van der Waals surface area contributed by atoms with E-state index >= 15 is 0 Å². The molecule has 2 aromatic rings. The Balaban J connectivity index is 2.29. The molecule has 2 rings (SSSR count). The van der Waals surface area contributed by atoms with Crippen LogP contribution in [0.5, 0.6) is 0 Å². The third kappa shape index (κ3) is 3.00. The second-order valence-corrected chi connectivity index (χ2v) is 4.08. The van der Waals surface area contributed by atoms with Crippen LogP contribution in [0.2, 0.25) is 0 Å². The Morgan fingerprint density at radius 3 is 2.75 bits per heavy atom. The maximum Gasteiger partial charge on any atom is 0.341 e. The second kappa shape index (κ2) is 6.25. The number of rotatable bonds is 5. The number of hydrogen-bond acceptors (Lipinski definition) is 5. The van der Waals surface area contributed by atoms with Crippen molar-refractivity contribution in [1.82, 2.24) is 14.8 Å². The van der Waals surface area contributed by atoms with Crippen molar-refractivity contribution in [2.24, 2.45) is 0 Å². The van der Waals surface area contributed by atoms with Crippen LogP contribution in [0.25, 0.3) is 0 Å². The summed E-state index contributed by atoms with van der Waals surface area (Å²) < 4.78 is 24.1. The van der Waals surface area contributed by atoms with Gasteiger partial charge in [-0.1, -0.05) is 6.07 Å². The molecule has 0 aliphatic carbocycles. The van der Waals surface area contributed by atoms with E-state index in [9.17, 15) is 9.18 Å². The van der Waals surface area contributed by atoms with Gasteiger partial charge in [0.25, 0.3) is 0 Å². The number of hydrogen-bond donors (Lipinski definition) is 0.